The number of aromatic amines is 1. The number of aromatic nitrogens is 4. The summed E-state index contributed by atoms with van der Waals surface area (Å²) < 4.78 is 22.1. The van der Waals surface area contributed by atoms with Crippen LogP contribution in [0.1, 0.15) is 5.56 Å². The Morgan fingerprint density at radius 2 is 1.97 bits per heavy atom. The van der Waals surface area contributed by atoms with Gasteiger partial charge in [-0.3, -0.25) is 14.3 Å². The molecule has 0 spiro atoms. The highest BCUT2D eigenvalue weighted by Gasteiger charge is 2.11. The standard InChI is InChI=1S/C19H21N5O7/c1-28-12-7-11(8-13(29-2)16(12)26)3-4-14(25)31-6-5-30-10-24-9-21-15-17(24)22-19(20)23-18(15)27/h3-4,7-9,26H,5-6,10H2,1-2H3,(H3,20,22,23,27)/b4-3+. The minimum absolute atomic E-state index is 0.00811. The maximum Gasteiger partial charge on any atom is 0.330 e. The van der Waals surface area contributed by atoms with Crippen LogP contribution in [0.4, 0.5) is 5.95 Å². The quantitative estimate of drug-likeness (QED) is 0.249. The van der Waals surface area contributed by atoms with Crippen molar-refractivity contribution in [2.75, 3.05) is 33.2 Å². The lowest BCUT2D eigenvalue weighted by Crippen LogP contribution is -2.13. The molecule has 12 nitrogen and oxygen atoms in total. The third-order valence-electron chi connectivity index (χ3n) is 4.11. The summed E-state index contributed by atoms with van der Waals surface area (Å²) in [6.45, 7) is 0.167. The van der Waals surface area contributed by atoms with Gasteiger partial charge in [0.1, 0.15) is 13.3 Å². The van der Waals surface area contributed by atoms with Gasteiger partial charge in [-0.1, -0.05) is 0 Å². The number of hydrogen-bond acceptors (Lipinski definition) is 10. The molecular formula is C19H21N5O7. The molecule has 1 aromatic carbocycles. The molecule has 3 aromatic rings. The molecule has 2 aromatic heterocycles. The van der Waals surface area contributed by atoms with Gasteiger partial charge in [0.15, 0.2) is 22.7 Å². The number of anilines is 1. The maximum atomic E-state index is 11.9. The van der Waals surface area contributed by atoms with E-state index < -0.39 is 11.5 Å². The number of nitrogens with two attached hydrogens (primary N) is 1. The largest absolute Gasteiger partial charge is 0.502 e. The average Bonchev–Trinajstić information content (AvgIpc) is 3.15. The van der Waals surface area contributed by atoms with Crippen LogP contribution in [-0.4, -0.2) is 58.0 Å². The minimum Gasteiger partial charge on any atom is -0.502 e. The first-order valence-electron chi connectivity index (χ1n) is 9.01. The number of esters is 1. The fourth-order valence-electron chi connectivity index (χ4n) is 2.65. The number of ether oxygens (including phenoxy) is 4. The van der Waals surface area contributed by atoms with Crippen LogP contribution in [0.15, 0.2) is 29.3 Å². The number of hydrogen-bond donors (Lipinski definition) is 3. The average molecular weight is 431 g/mol. The molecule has 12 heteroatoms. The molecule has 0 saturated heterocycles. The van der Waals surface area contributed by atoms with Gasteiger partial charge in [0, 0.05) is 6.08 Å². The van der Waals surface area contributed by atoms with Crippen molar-refractivity contribution in [3.05, 3.63) is 40.5 Å². The van der Waals surface area contributed by atoms with Crippen LogP contribution in [0.2, 0.25) is 0 Å². The zero-order chi connectivity index (χ0) is 22.4. The van der Waals surface area contributed by atoms with Gasteiger partial charge in [0.05, 0.1) is 27.2 Å². The van der Waals surface area contributed by atoms with Crippen LogP contribution in [0.25, 0.3) is 17.2 Å². The number of phenols is 1. The summed E-state index contributed by atoms with van der Waals surface area (Å²) in [4.78, 5) is 34.0. The monoisotopic (exact) mass is 431 g/mol. The fraction of sp³-hybridized carbons (Fsp3) is 0.263. The van der Waals surface area contributed by atoms with Crippen molar-refractivity contribution in [2.45, 2.75) is 6.73 Å². The summed E-state index contributed by atoms with van der Waals surface area (Å²) in [6, 6.07) is 3.10. The SMILES string of the molecule is COc1cc(/C=C/C(=O)OCCOCn2cnc3c(=O)[nH]c(N)nc32)cc(OC)c1O. The van der Waals surface area contributed by atoms with Gasteiger partial charge in [-0.2, -0.15) is 4.98 Å². The molecule has 0 amide bonds. The van der Waals surface area contributed by atoms with Crippen molar-refractivity contribution in [3.63, 3.8) is 0 Å². The lowest BCUT2D eigenvalue weighted by molar-refractivity contribution is -0.139. The molecule has 4 N–H and O–H groups in total. The number of benzene rings is 1. The summed E-state index contributed by atoms with van der Waals surface area (Å²) in [5.41, 5.74) is 6.11. The van der Waals surface area contributed by atoms with Crippen LogP contribution < -0.4 is 20.8 Å². The Hall–Kier alpha value is -4.06. The first-order chi connectivity index (χ1) is 14.9. The molecule has 2 heterocycles. The maximum absolute atomic E-state index is 11.9. The lowest BCUT2D eigenvalue weighted by Gasteiger charge is -2.09. The number of imidazole rings is 1. The molecule has 0 atom stereocenters. The Balaban J connectivity index is 1.48. The number of H-pyrrole nitrogens is 1. The van der Waals surface area contributed by atoms with Crippen molar-refractivity contribution >= 4 is 29.2 Å². The number of carbonyl (C=O) groups is 1. The van der Waals surface area contributed by atoms with E-state index >= 15 is 0 Å². The summed E-state index contributed by atoms with van der Waals surface area (Å²) >= 11 is 0. The number of carbonyl (C=O) groups excluding carboxylic acids is 1. The Bertz CT molecular complexity index is 1140. The van der Waals surface area contributed by atoms with Gasteiger partial charge in [0.2, 0.25) is 11.7 Å². The number of nitrogens with zero attached hydrogens (tertiary/aromatic N) is 3. The number of fused-ring (bicyclic) bond motifs is 1. The van der Waals surface area contributed by atoms with Crippen LogP contribution in [0.3, 0.4) is 0 Å². The number of rotatable bonds is 9. The smallest absolute Gasteiger partial charge is 0.330 e. The normalized spacial score (nSPS) is 11.2. The van der Waals surface area contributed by atoms with E-state index in [4.69, 9.17) is 24.7 Å². The van der Waals surface area contributed by atoms with Crippen molar-refractivity contribution in [3.8, 4) is 17.2 Å². The Labute approximate surface area is 175 Å². The second-order valence-corrected chi connectivity index (χ2v) is 6.15. The minimum atomic E-state index is -0.580. The molecule has 0 aliphatic carbocycles. The van der Waals surface area contributed by atoms with Crippen molar-refractivity contribution in [1.29, 1.82) is 0 Å². The number of nitrogens with one attached hydrogen (secondary N) is 1. The molecule has 164 valence electrons. The van der Waals surface area contributed by atoms with E-state index in [1.165, 1.54) is 37.3 Å². The fourth-order valence-corrected chi connectivity index (χ4v) is 2.65. The van der Waals surface area contributed by atoms with Gasteiger partial charge >= 0.3 is 5.97 Å². The summed E-state index contributed by atoms with van der Waals surface area (Å²) in [5.74, 6) is -0.306. The van der Waals surface area contributed by atoms with Crippen molar-refractivity contribution < 1.29 is 28.8 Å². The van der Waals surface area contributed by atoms with Crippen molar-refractivity contribution in [1.82, 2.24) is 19.5 Å². The van der Waals surface area contributed by atoms with E-state index in [9.17, 15) is 14.7 Å². The Morgan fingerprint density at radius 3 is 2.65 bits per heavy atom. The van der Waals surface area contributed by atoms with E-state index in [-0.39, 0.29) is 48.7 Å². The van der Waals surface area contributed by atoms with Crippen molar-refractivity contribution in [2.24, 2.45) is 0 Å². The van der Waals surface area contributed by atoms with Gasteiger partial charge < -0.3 is 29.8 Å². The van der Waals surface area contributed by atoms with Gasteiger partial charge in [-0.25, -0.2) is 9.78 Å². The third-order valence-corrected chi connectivity index (χ3v) is 4.11. The van der Waals surface area contributed by atoms with Crippen LogP contribution in [0.5, 0.6) is 17.2 Å². The highest BCUT2D eigenvalue weighted by Crippen LogP contribution is 2.37. The second kappa shape index (κ2) is 9.63. The topological polar surface area (TPSA) is 164 Å². The van der Waals surface area contributed by atoms with E-state index in [1.807, 2.05) is 0 Å². The first kappa shape index (κ1) is 21.6. The van der Waals surface area contributed by atoms with Gasteiger partial charge in [-0.15, -0.1) is 0 Å². The Morgan fingerprint density at radius 1 is 1.26 bits per heavy atom. The van der Waals surface area contributed by atoms with Crippen LogP contribution >= 0.6 is 0 Å². The number of nitrogen functional groups attached to an aromatic ring is 1. The highest BCUT2D eigenvalue weighted by atomic mass is 16.6. The second-order valence-electron chi connectivity index (χ2n) is 6.15. The Kier molecular flexibility index (Phi) is 6.72. The zero-order valence-corrected chi connectivity index (χ0v) is 16.8. The zero-order valence-electron chi connectivity index (χ0n) is 16.8. The van der Waals surface area contributed by atoms with Gasteiger partial charge in [0.25, 0.3) is 5.56 Å². The van der Waals surface area contributed by atoms with Gasteiger partial charge in [-0.05, 0) is 23.8 Å². The highest BCUT2D eigenvalue weighted by molar-refractivity contribution is 5.87. The lowest BCUT2D eigenvalue weighted by atomic mass is 10.1. The summed E-state index contributed by atoms with van der Waals surface area (Å²) in [7, 11) is 2.82. The molecule has 0 unspecified atom stereocenters. The predicted molar refractivity (Wildman–Crippen MR) is 110 cm³/mol. The predicted octanol–water partition coefficient (Wildman–Crippen LogP) is 0.655. The molecule has 0 aliphatic rings. The summed E-state index contributed by atoms with van der Waals surface area (Å²) in [5, 5.41) is 9.90. The third kappa shape index (κ3) is 5.11. The molecule has 3 rings (SSSR count). The molecular weight excluding hydrogens is 410 g/mol. The van der Waals surface area contributed by atoms with E-state index in [2.05, 4.69) is 15.0 Å². The molecule has 0 aliphatic heterocycles. The molecule has 0 bridgehead atoms. The van der Waals surface area contributed by atoms with E-state index in [0.717, 1.165) is 0 Å². The number of aromatic hydroxyl groups is 1. The molecule has 31 heavy (non-hydrogen) atoms. The molecule has 0 radical (unpaired) electrons. The number of phenolic OH excluding ortho intramolecular Hbond substituents is 1. The van der Waals surface area contributed by atoms with Crippen LogP contribution in [0, 0.1) is 0 Å². The molecule has 0 saturated carbocycles. The van der Waals surface area contributed by atoms with E-state index in [0.29, 0.717) is 11.2 Å². The summed E-state index contributed by atoms with van der Waals surface area (Å²) in [6.07, 6.45) is 4.13. The van der Waals surface area contributed by atoms with E-state index in [1.54, 1.807) is 12.1 Å². The number of methoxy groups -OCH3 is 2. The van der Waals surface area contributed by atoms with Crippen LogP contribution in [-0.2, 0) is 21.0 Å². The molecule has 0 fully saturated rings. The first-order valence-corrected chi connectivity index (χ1v) is 9.01.